The van der Waals surface area contributed by atoms with Crippen LogP contribution in [-0.4, -0.2) is 14.8 Å². The second-order valence-corrected chi connectivity index (χ2v) is 2.27. The lowest BCUT2D eigenvalue weighted by Gasteiger charge is -1.89. The fourth-order valence-electron chi connectivity index (χ4n) is 0.824. The maximum atomic E-state index is 4.22. The fraction of sp³-hybridized carbons (Fsp3) is 0.714. The maximum Gasteiger partial charge on any atom is 0.150 e. The molecule has 0 spiro atoms. The average molecular weight is 139 g/mol. The Bertz CT molecular complexity index is 192. The lowest BCUT2D eigenvalue weighted by Crippen LogP contribution is -1.95. The molecular weight excluding hydrogens is 126 g/mol. The molecule has 0 aliphatic carbocycles. The third-order valence-corrected chi connectivity index (χ3v) is 1.38. The summed E-state index contributed by atoms with van der Waals surface area (Å²) in [5.74, 6) is 0.962. The molecule has 1 heterocycles. The molecule has 3 heteroatoms. The van der Waals surface area contributed by atoms with Gasteiger partial charge in [0.15, 0.2) is 5.82 Å². The molecule has 0 aromatic carbocycles. The predicted octanol–water partition coefficient (Wildman–Crippen LogP) is 1.25. The Morgan fingerprint density at radius 2 is 2.30 bits per heavy atom. The van der Waals surface area contributed by atoms with Crippen LogP contribution < -0.4 is 0 Å². The normalized spacial score (nSPS) is 10.2. The van der Waals surface area contributed by atoms with Crippen molar-refractivity contribution in [3.8, 4) is 0 Å². The van der Waals surface area contributed by atoms with Crippen molar-refractivity contribution in [2.24, 2.45) is 0 Å². The minimum atomic E-state index is 0.913. The standard InChI is InChI=1S/C7H13N3/c1-3-5-7-8-6-10(4-2)9-7/h6H,3-5H2,1-2H3. The fourth-order valence-corrected chi connectivity index (χ4v) is 0.824. The lowest BCUT2D eigenvalue weighted by atomic mass is 10.3. The Morgan fingerprint density at radius 1 is 1.50 bits per heavy atom. The first-order valence-corrected chi connectivity index (χ1v) is 3.75. The predicted molar refractivity (Wildman–Crippen MR) is 39.7 cm³/mol. The summed E-state index contributed by atoms with van der Waals surface area (Å²) in [6.07, 6.45) is 3.89. The van der Waals surface area contributed by atoms with Crippen LogP contribution in [-0.2, 0) is 13.0 Å². The van der Waals surface area contributed by atoms with E-state index in [2.05, 4.69) is 23.9 Å². The van der Waals surface area contributed by atoms with Gasteiger partial charge >= 0.3 is 0 Å². The van der Waals surface area contributed by atoms with Gasteiger partial charge in [-0.25, -0.2) is 4.98 Å². The summed E-state index contributed by atoms with van der Waals surface area (Å²) in [6, 6.07) is 0. The van der Waals surface area contributed by atoms with Gasteiger partial charge in [0.1, 0.15) is 6.33 Å². The number of rotatable bonds is 3. The molecule has 0 saturated heterocycles. The number of aryl methyl sites for hydroxylation is 2. The summed E-state index contributed by atoms with van der Waals surface area (Å²) in [5.41, 5.74) is 0. The zero-order valence-electron chi connectivity index (χ0n) is 6.54. The molecule has 3 nitrogen and oxygen atoms in total. The molecular formula is C7H13N3. The van der Waals surface area contributed by atoms with Crippen LogP contribution in [0.5, 0.6) is 0 Å². The Morgan fingerprint density at radius 3 is 2.80 bits per heavy atom. The van der Waals surface area contributed by atoms with E-state index in [9.17, 15) is 0 Å². The Hall–Kier alpha value is -0.860. The second kappa shape index (κ2) is 3.34. The first-order chi connectivity index (χ1) is 4.86. The van der Waals surface area contributed by atoms with Crippen LogP contribution in [0.15, 0.2) is 6.33 Å². The van der Waals surface area contributed by atoms with E-state index in [0.29, 0.717) is 0 Å². The molecule has 0 amide bonds. The molecule has 56 valence electrons. The largest absolute Gasteiger partial charge is 0.253 e. The van der Waals surface area contributed by atoms with E-state index in [1.165, 1.54) is 0 Å². The topological polar surface area (TPSA) is 30.7 Å². The van der Waals surface area contributed by atoms with Crippen LogP contribution in [0.2, 0.25) is 0 Å². The first-order valence-electron chi connectivity index (χ1n) is 3.75. The number of nitrogens with zero attached hydrogens (tertiary/aromatic N) is 3. The van der Waals surface area contributed by atoms with Crippen molar-refractivity contribution in [2.75, 3.05) is 0 Å². The van der Waals surface area contributed by atoms with Gasteiger partial charge in [-0.1, -0.05) is 6.92 Å². The molecule has 0 aliphatic heterocycles. The quantitative estimate of drug-likeness (QED) is 0.631. The van der Waals surface area contributed by atoms with Gasteiger partial charge in [0, 0.05) is 13.0 Å². The van der Waals surface area contributed by atoms with Crippen LogP contribution >= 0.6 is 0 Å². The van der Waals surface area contributed by atoms with E-state index in [1.54, 1.807) is 6.33 Å². The van der Waals surface area contributed by atoms with Gasteiger partial charge < -0.3 is 0 Å². The van der Waals surface area contributed by atoms with E-state index < -0.39 is 0 Å². The molecule has 0 radical (unpaired) electrons. The van der Waals surface area contributed by atoms with Crippen molar-refractivity contribution in [3.05, 3.63) is 12.2 Å². The molecule has 1 rings (SSSR count). The van der Waals surface area contributed by atoms with Gasteiger partial charge in [0.2, 0.25) is 0 Å². The lowest BCUT2D eigenvalue weighted by molar-refractivity contribution is 0.644. The van der Waals surface area contributed by atoms with Crippen LogP contribution in [0, 0.1) is 0 Å². The molecule has 0 aliphatic rings. The molecule has 1 aromatic rings. The van der Waals surface area contributed by atoms with Crippen molar-refractivity contribution in [3.63, 3.8) is 0 Å². The number of aromatic nitrogens is 3. The van der Waals surface area contributed by atoms with Crippen molar-refractivity contribution in [2.45, 2.75) is 33.2 Å². The van der Waals surface area contributed by atoms with E-state index in [0.717, 1.165) is 25.2 Å². The SMILES string of the molecule is CCCc1ncn(CC)n1. The van der Waals surface area contributed by atoms with Crippen molar-refractivity contribution in [1.82, 2.24) is 14.8 Å². The van der Waals surface area contributed by atoms with Crippen molar-refractivity contribution in [1.29, 1.82) is 0 Å². The molecule has 0 bridgehead atoms. The van der Waals surface area contributed by atoms with Gasteiger partial charge in [0.05, 0.1) is 0 Å². The van der Waals surface area contributed by atoms with Gasteiger partial charge in [-0.3, -0.25) is 4.68 Å². The smallest absolute Gasteiger partial charge is 0.150 e. The van der Waals surface area contributed by atoms with E-state index in [1.807, 2.05) is 4.68 Å². The molecule has 1 aromatic heterocycles. The minimum Gasteiger partial charge on any atom is -0.253 e. The first kappa shape index (κ1) is 7.25. The van der Waals surface area contributed by atoms with E-state index in [4.69, 9.17) is 0 Å². The van der Waals surface area contributed by atoms with E-state index in [-0.39, 0.29) is 0 Å². The molecule has 0 saturated carbocycles. The highest BCUT2D eigenvalue weighted by atomic mass is 15.3. The van der Waals surface area contributed by atoms with Crippen molar-refractivity contribution >= 4 is 0 Å². The highest BCUT2D eigenvalue weighted by Crippen LogP contribution is 1.93. The maximum absolute atomic E-state index is 4.22. The highest BCUT2D eigenvalue weighted by molar-refractivity contribution is 4.80. The van der Waals surface area contributed by atoms with Crippen LogP contribution in [0.3, 0.4) is 0 Å². The molecule has 0 unspecified atom stereocenters. The Kier molecular flexibility index (Phi) is 2.42. The Balaban J connectivity index is 2.59. The van der Waals surface area contributed by atoms with Gasteiger partial charge in [0.25, 0.3) is 0 Å². The van der Waals surface area contributed by atoms with Crippen molar-refractivity contribution < 1.29 is 0 Å². The number of hydrogen-bond acceptors (Lipinski definition) is 2. The summed E-state index contributed by atoms with van der Waals surface area (Å²) in [7, 11) is 0. The third kappa shape index (κ3) is 1.56. The molecule has 0 atom stereocenters. The van der Waals surface area contributed by atoms with Gasteiger partial charge in [-0.05, 0) is 13.3 Å². The zero-order valence-corrected chi connectivity index (χ0v) is 6.54. The van der Waals surface area contributed by atoms with Crippen LogP contribution in [0.25, 0.3) is 0 Å². The van der Waals surface area contributed by atoms with Gasteiger partial charge in [-0.15, -0.1) is 0 Å². The van der Waals surface area contributed by atoms with E-state index >= 15 is 0 Å². The summed E-state index contributed by atoms with van der Waals surface area (Å²) in [6.45, 7) is 5.10. The Labute approximate surface area is 61.1 Å². The monoisotopic (exact) mass is 139 g/mol. The molecule has 0 N–H and O–H groups in total. The van der Waals surface area contributed by atoms with Crippen LogP contribution in [0.1, 0.15) is 26.1 Å². The third-order valence-electron chi connectivity index (χ3n) is 1.38. The molecule has 10 heavy (non-hydrogen) atoms. The zero-order chi connectivity index (χ0) is 7.40. The second-order valence-electron chi connectivity index (χ2n) is 2.27. The summed E-state index contributed by atoms with van der Waals surface area (Å²) in [5, 5.41) is 4.22. The minimum absolute atomic E-state index is 0.913. The van der Waals surface area contributed by atoms with Gasteiger partial charge in [-0.2, -0.15) is 5.10 Å². The summed E-state index contributed by atoms with van der Waals surface area (Å²) in [4.78, 5) is 4.13. The average Bonchev–Trinajstić information content (AvgIpc) is 2.37. The number of hydrogen-bond donors (Lipinski definition) is 0. The van der Waals surface area contributed by atoms with Crippen LogP contribution in [0.4, 0.5) is 0 Å². The molecule has 0 fully saturated rings. The summed E-state index contributed by atoms with van der Waals surface area (Å²) >= 11 is 0. The highest BCUT2D eigenvalue weighted by Gasteiger charge is 1.95. The summed E-state index contributed by atoms with van der Waals surface area (Å²) < 4.78 is 1.85.